The summed E-state index contributed by atoms with van der Waals surface area (Å²) in [4.78, 5) is 29.7. The first-order chi connectivity index (χ1) is 12.6. The summed E-state index contributed by atoms with van der Waals surface area (Å²) in [6.45, 7) is 0. The summed E-state index contributed by atoms with van der Waals surface area (Å²) in [6.07, 6.45) is 7.41. The van der Waals surface area contributed by atoms with Crippen molar-refractivity contribution in [3.8, 4) is 0 Å². The third-order valence-corrected chi connectivity index (χ3v) is 7.35. The Morgan fingerprint density at radius 3 is 2.54 bits per heavy atom. The Morgan fingerprint density at radius 2 is 1.81 bits per heavy atom. The van der Waals surface area contributed by atoms with Gasteiger partial charge in [-0.05, 0) is 67.9 Å². The number of para-hydroxylation sites is 1. The van der Waals surface area contributed by atoms with E-state index < -0.39 is 0 Å². The van der Waals surface area contributed by atoms with Crippen LogP contribution >= 0.6 is 0 Å². The number of amides is 1. The third-order valence-electron chi connectivity index (χ3n) is 7.35. The van der Waals surface area contributed by atoms with E-state index >= 15 is 0 Å². The maximum Gasteiger partial charge on any atom is 0.223 e. The van der Waals surface area contributed by atoms with Crippen LogP contribution in [0.5, 0.6) is 0 Å². The highest BCUT2D eigenvalue weighted by molar-refractivity contribution is 6.06. The molecular formula is C22H24N2O2. The topological polar surface area (TPSA) is 73.1 Å². The third kappa shape index (κ3) is 2.31. The van der Waals surface area contributed by atoms with Crippen molar-refractivity contribution in [1.29, 1.82) is 0 Å². The van der Waals surface area contributed by atoms with Crippen LogP contribution in [0.3, 0.4) is 0 Å². The SMILES string of the molecule is NC(=O)C12CC3CC(C1)C(CC(=O)c1cccc4cccnc14)C(C3)C2. The molecule has 1 amide bonds. The molecule has 4 fully saturated rings. The predicted octanol–water partition coefficient (Wildman–Crippen LogP) is 3.74. The average molecular weight is 348 g/mol. The molecular weight excluding hydrogens is 324 g/mol. The second-order valence-electron chi connectivity index (χ2n) is 8.79. The van der Waals surface area contributed by atoms with Crippen LogP contribution in [0.2, 0.25) is 0 Å². The number of primary amides is 1. The summed E-state index contributed by atoms with van der Waals surface area (Å²) in [6, 6.07) is 9.74. The van der Waals surface area contributed by atoms with Crippen molar-refractivity contribution in [2.75, 3.05) is 0 Å². The van der Waals surface area contributed by atoms with E-state index in [2.05, 4.69) is 4.98 Å². The highest BCUT2D eigenvalue weighted by atomic mass is 16.1. The first kappa shape index (κ1) is 16.0. The molecule has 2 unspecified atom stereocenters. The van der Waals surface area contributed by atoms with Crippen molar-refractivity contribution in [3.63, 3.8) is 0 Å². The lowest BCUT2D eigenvalue weighted by atomic mass is 9.45. The van der Waals surface area contributed by atoms with Crippen molar-refractivity contribution in [2.24, 2.45) is 34.8 Å². The van der Waals surface area contributed by atoms with Crippen LogP contribution in [0, 0.1) is 29.1 Å². The summed E-state index contributed by atoms with van der Waals surface area (Å²) in [5.74, 6) is 2.05. The molecule has 1 aromatic carbocycles. The van der Waals surface area contributed by atoms with Crippen LogP contribution in [-0.4, -0.2) is 16.7 Å². The summed E-state index contributed by atoms with van der Waals surface area (Å²) in [7, 11) is 0. The number of pyridine rings is 1. The lowest BCUT2D eigenvalue weighted by Gasteiger charge is -2.59. The Balaban J connectivity index is 1.42. The number of benzene rings is 1. The van der Waals surface area contributed by atoms with Crippen molar-refractivity contribution >= 4 is 22.6 Å². The number of carbonyl (C=O) groups excluding carboxylic acids is 2. The van der Waals surface area contributed by atoms with Crippen LogP contribution in [0.25, 0.3) is 10.9 Å². The van der Waals surface area contributed by atoms with Crippen LogP contribution in [-0.2, 0) is 4.79 Å². The van der Waals surface area contributed by atoms with Gasteiger partial charge in [-0.3, -0.25) is 14.6 Å². The summed E-state index contributed by atoms with van der Waals surface area (Å²) < 4.78 is 0. The highest BCUT2D eigenvalue weighted by Gasteiger charge is 2.57. The van der Waals surface area contributed by atoms with Gasteiger partial charge in [0.15, 0.2) is 5.78 Å². The standard InChI is InChI=1S/C22H24N2O2/c23-21(26)22-10-13-7-15(11-22)18(16(8-13)12-22)9-19(25)17-5-1-3-14-4-2-6-24-20(14)17/h1-6,13,15-16,18H,7-12H2,(H2,23,26). The molecule has 2 atom stereocenters. The molecule has 1 heterocycles. The average Bonchev–Trinajstić information content (AvgIpc) is 2.63. The van der Waals surface area contributed by atoms with Crippen molar-refractivity contribution in [1.82, 2.24) is 4.98 Å². The molecule has 4 heteroatoms. The summed E-state index contributed by atoms with van der Waals surface area (Å²) >= 11 is 0. The first-order valence-corrected chi connectivity index (χ1v) is 9.72. The van der Waals surface area contributed by atoms with Gasteiger partial charge in [0.2, 0.25) is 5.91 Å². The van der Waals surface area contributed by atoms with E-state index in [1.807, 2.05) is 30.3 Å². The fourth-order valence-electron chi connectivity index (χ4n) is 6.42. The molecule has 134 valence electrons. The van der Waals surface area contributed by atoms with Gasteiger partial charge in [0.1, 0.15) is 0 Å². The number of nitrogens with zero attached hydrogens (tertiary/aromatic N) is 1. The molecule has 4 aliphatic rings. The molecule has 0 saturated heterocycles. The van der Waals surface area contributed by atoms with E-state index in [0.717, 1.165) is 48.6 Å². The molecule has 6 rings (SSSR count). The van der Waals surface area contributed by atoms with Crippen molar-refractivity contribution in [2.45, 2.75) is 38.5 Å². The number of Topliss-reactive ketones (excluding diaryl/α,β-unsaturated/α-hetero) is 1. The number of rotatable bonds is 4. The number of ketones is 1. The normalized spacial score (nSPS) is 34.9. The molecule has 2 aromatic rings. The van der Waals surface area contributed by atoms with Crippen LogP contribution in [0.1, 0.15) is 48.9 Å². The number of fused-ring (bicyclic) bond motifs is 1. The summed E-state index contributed by atoms with van der Waals surface area (Å²) in [5.41, 5.74) is 7.04. The molecule has 4 nitrogen and oxygen atoms in total. The minimum Gasteiger partial charge on any atom is -0.369 e. The van der Waals surface area contributed by atoms with E-state index in [4.69, 9.17) is 5.73 Å². The Labute approximate surface area is 153 Å². The van der Waals surface area contributed by atoms with Crippen LogP contribution in [0.4, 0.5) is 0 Å². The van der Waals surface area contributed by atoms with Gasteiger partial charge < -0.3 is 5.73 Å². The van der Waals surface area contributed by atoms with E-state index in [9.17, 15) is 9.59 Å². The molecule has 0 radical (unpaired) electrons. The monoisotopic (exact) mass is 348 g/mol. The number of carbonyl (C=O) groups is 2. The molecule has 26 heavy (non-hydrogen) atoms. The van der Waals surface area contributed by atoms with Gasteiger partial charge in [0.05, 0.1) is 5.52 Å². The van der Waals surface area contributed by atoms with E-state index in [0.29, 0.717) is 30.1 Å². The predicted molar refractivity (Wildman–Crippen MR) is 99.4 cm³/mol. The van der Waals surface area contributed by atoms with Gasteiger partial charge >= 0.3 is 0 Å². The van der Waals surface area contributed by atoms with E-state index in [1.54, 1.807) is 6.20 Å². The number of hydrogen-bond donors (Lipinski definition) is 1. The van der Waals surface area contributed by atoms with Gasteiger partial charge in [-0.15, -0.1) is 0 Å². The molecule has 2 N–H and O–H groups in total. The first-order valence-electron chi connectivity index (χ1n) is 9.72. The molecule has 1 aromatic heterocycles. The van der Waals surface area contributed by atoms with Gasteiger partial charge in [0.25, 0.3) is 0 Å². The van der Waals surface area contributed by atoms with Crippen molar-refractivity contribution in [3.05, 3.63) is 42.1 Å². The van der Waals surface area contributed by atoms with Gasteiger partial charge in [0, 0.05) is 29.0 Å². The maximum absolute atomic E-state index is 13.1. The second-order valence-corrected chi connectivity index (χ2v) is 8.79. The minimum atomic E-state index is -0.281. The maximum atomic E-state index is 13.1. The van der Waals surface area contributed by atoms with Crippen LogP contribution in [0.15, 0.2) is 36.5 Å². The zero-order valence-electron chi connectivity index (χ0n) is 14.9. The Kier molecular flexibility index (Phi) is 3.46. The smallest absolute Gasteiger partial charge is 0.223 e. The zero-order valence-corrected chi connectivity index (χ0v) is 14.9. The quantitative estimate of drug-likeness (QED) is 0.856. The zero-order chi connectivity index (χ0) is 17.9. The van der Waals surface area contributed by atoms with Crippen LogP contribution < -0.4 is 5.73 Å². The molecule has 4 aliphatic carbocycles. The van der Waals surface area contributed by atoms with Gasteiger partial charge in [-0.2, -0.15) is 0 Å². The molecule has 4 saturated carbocycles. The lowest BCUT2D eigenvalue weighted by molar-refractivity contribution is -0.149. The minimum absolute atomic E-state index is 0.111. The van der Waals surface area contributed by atoms with Gasteiger partial charge in [-0.1, -0.05) is 18.2 Å². The Morgan fingerprint density at radius 1 is 1.08 bits per heavy atom. The second kappa shape index (κ2) is 5.63. The molecule has 0 aliphatic heterocycles. The Bertz CT molecular complexity index is 885. The number of aromatic nitrogens is 1. The molecule has 4 bridgehead atoms. The number of hydrogen-bond acceptors (Lipinski definition) is 3. The molecule has 0 spiro atoms. The van der Waals surface area contributed by atoms with Crippen molar-refractivity contribution < 1.29 is 9.59 Å². The fraction of sp³-hybridized carbons (Fsp3) is 0.500. The fourth-order valence-corrected chi connectivity index (χ4v) is 6.42. The van der Waals surface area contributed by atoms with E-state index in [-0.39, 0.29) is 17.1 Å². The van der Waals surface area contributed by atoms with E-state index in [1.165, 1.54) is 0 Å². The lowest BCUT2D eigenvalue weighted by Crippen LogP contribution is -2.56. The number of nitrogens with two attached hydrogens (primary N) is 1. The largest absolute Gasteiger partial charge is 0.369 e. The highest BCUT2D eigenvalue weighted by Crippen LogP contribution is 2.62. The Hall–Kier alpha value is -2.23. The summed E-state index contributed by atoms with van der Waals surface area (Å²) in [5, 5.41) is 1.01. The van der Waals surface area contributed by atoms with Gasteiger partial charge in [-0.25, -0.2) is 0 Å².